The maximum Gasteiger partial charge on any atom is 0.336 e. The molecule has 0 radical (unpaired) electrons. The SMILES string of the molecule is CCCCCCCN(CCO[C@@H]1CCC[C@H](OCc2cccc(C)c2C(=O)O)C1)C(=O)Nc1cccc(F)c1. The van der Waals surface area contributed by atoms with Gasteiger partial charge in [0, 0.05) is 18.8 Å². The Morgan fingerprint density at radius 2 is 1.77 bits per heavy atom. The number of anilines is 1. The van der Waals surface area contributed by atoms with E-state index in [1.54, 1.807) is 36.1 Å². The Balaban J connectivity index is 1.49. The topological polar surface area (TPSA) is 88.1 Å². The van der Waals surface area contributed by atoms with Gasteiger partial charge in [-0.05, 0) is 68.4 Å². The van der Waals surface area contributed by atoms with Crippen LogP contribution in [0.2, 0.25) is 0 Å². The Morgan fingerprint density at radius 3 is 2.51 bits per heavy atom. The lowest BCUT2D eigenvalue weighted by Crippen LogP contribution is -2.39. The highest BCUT2D eigenvalue weighted by Gasteiger charge is 2.24. The number of amides is 2. The predicted molar refractivity (Wildman–Crippen MR) is 151 cm³/mol. The van der Waals surface area contributed by atoms with Crippen molar-refractivity contribution in [2.24, 2.45) is 0 Å². The number of carboxylic acids is 1. The molecule has 2 aromatic rings. The van der Waals surface area contributed by atoms with Gasteiger partial charge in [0.2, 0.25) is 0 Å². The monoisotopic (exact) mass is 542 g/mol. The molecule has 2 aromatic carbocycles. The molecule has 1 aliphatic carbocycles. The van der Waals surface area contributed by atoms with Crippen molar-refractivity contribution in [1.29, 1.82) is 0 Å². The second kappa shape index (κ2) is 16.2. The number of nitrogens with zero attached hydrogens (tertiary/aromatic N) is 1. The molecule has 1 saturated carbocycles. The molecule has 0 spiro atoms. The van der Waals surface area contributed by atoms with Crippen molar-refractivity contribution < 1.29 is 28.6 Å². The van der Waals surface area contributed by atoms with Crippen LogP contribution in [0.25, 0.3) is 0 Å². The number of urea groups is 1. The molecule has 1 aliphatic rings. The highest BCUT2D eigenvalue weighted by Crippen LogP contribution is 2.25. The van der Waals surface area contributed by atoms with Crippen molar-refractivity contribution in [3.05, 3.63) is 65.0 Å². The fraction of sp³-hybridized carbons (Fsp3) is 0.548. The Labute approximate surface area is 231 Å². The molecule has 3 rings (SSSR count). The zero-order chi connectivity index (χ0) is 28.0. The van der Waals surface area contributed by atoms with Gasteiger partial charge in [0.25, 0.3) is 0 Å². The largest absolute Gasteiger partial charge is 0.478 e. The molecule has 0 aromatic heterocycles. The van der Waals surface area contributed by atoms with E-state index in [0.717, 1.165) is 56.9 Å². The van der Waals surface area contributed by atoms with Gasteiger partial charge in [-0.1, -0.05) is 56.9 Å². The Bertz CT molecular complexity index is 1060. The van der Waals surface area contributed by atoms with Crippen LogP contribution in [0.15, 0.2) is 42.5 Å². The van der Waals surface area contributed by atoms with Gasteiger partial charge in [0.05, 0.1) is 31.0 Å². The molecular formula is C31H43FN2O5. The van der Waals surface area contributed by atoms with Crippen molar-refractivity contribution in [3.63, 3.8) is 0 Å². The van der Waals surface area contributed by atoms with Crippen LogP contribution in [0.5, 0.6) is 0 Å². The van der Waals surface area contributed by atoms with Gasteiger partial charge in [-0.15, -0.1) is 0 Å². The summed E-state index contributed by atoms with van der Waals surface area (Å²) in [6, 6.07) is 11.1. The number of carboxylic acid groups (broad SMARTS) is 1. The van der Waals surface area contributed by atoms with Crippen molar-refractivity contribution in [2.75, 3.05) is 25.0 Å². The van der Waals surface area contributed by atoms with Crippen LogP contribution in [0, 0.1) is 12.7 Å². The number of unbranched alkanes of at least 4 members (excludes halogenated alkanes) is 4. The van der Waals surface area contributed by atoms with E-state index in [1.165, 1.54) is 18.6 Å². The van der Waals surface area contributed by atoms with Crippen molar-refractivity contribution in [1.82, 2.24) is 4.90 Å². The van der Waals surface area contributed by atoms with Crippen LogP contribution >= 0.6 is 0 Å². The summed E-state index contributed by atoms with van der Waals surface area (Å²) in [5.74, 6) is -1.33. The number of hydrogen-bond acceptors (Lipinski definition) is 4. The smallest absolute Gasteiger partial charge is 0.336 e. The van der Waals surface area contributed by atoms with Crippen molar-refractivity contribution in [2.45, 2.75) is 90.4 Å². The summed E-state index contributed by atoms with van der Waals surface area (Å²) in [7, 11) is 0. The van der Waals surface area contributed by atoms with E-state index in [-0.39, 0.29) is 24.8 Å². The molecule has 1 fully saturated rings. The summed E-state index contributed by atoms with van der Waals surface area (Å²) in [6.07, 6.45) is 9.03. The van der Waals surface area contributed by atoms with E-state index in [9.17, 15) is 19.1 Å². The highest BCUT2D eigenvalue weighted by atomic mass is 19.1. The minimum atomic E-state index is -0.937. The van der Waals surface area contributed by atoms with Gasteiger partial charge in [-0.25, -0.2) is 14.0 Å². The van der Waals surface area contributed by atoms with Gasteiger partial charge in [0.1, 0.15) is 5.82 Å². The number of halogens is 1. The molecule has 0 unspecified atom stereocenters. The fourth-order valence-corrected chi connectivity index (χ4v) is 5.09. The summed E-state index contributed by atoms with van der Waals surface area (Å²) in [5, 5.41) is 12.4. The van der Waals surface area contributed by atoms with E-state index in [1.807, 2.05) is 6.07 Å². The summed E-state index contributed by atoms with van der Waals surface area (Å²) in [5.41, 5.74) is 2.16. The first kappa shape index (κ1) is 30.6. The first-order valence-corrected chi connectivity index (χ1v) is 14.2. The van der Waals surface area contributed by atoms with Crippen LogP contribution in [-0.4, -0.2) is 53.9 Å². The van der Waals surface area contributed by atoms with Gasteiger partial charge in [-0.2, -0.15) is 0 Å². The first-order chi connectivity index (χ1) is 18.9. The fourth-order valence-electron chi connectivity index (χ4n) is 5.09. The second-order valence-corrected chi connectivity index (χ2v) is 10.3. The molecule has 0 saturated heterocycles. The van der Waals surface area contributed by atoms with Gasteiger partial charge in [0.15, 0.2) is 0 Å². The number of carbonyl (C=O) groups is 2. The molecule has 0 heterocycles. The lowest BCUT2D eigenvalue weighted by molar-refractivity contribution is -0.0523. The van der Waals surface area contributed by atoms with E-state index in [4.69, 9.17) is 9.47 Å². The number of nitrogens with one attached hydrogen (secondary N) is 1. The zero-order valence-corrected chi connectivity index (χ0v) is 23.3. The first-order valence-electron chi connectivity index (χ1n) is 14.2. The highest BCUT2D eigenvalue weighted by molar-refractivity contribution is 5.91. The number of aryl methyl sites for hydroxylation is 1. The van der Waals surface area contributed by atoms with Gasteiger partial charge >= 0.3 is 12.0 Å². The minimum absolute atomic E-state index is 0.00292. The molecule has 0 aliphatic heterocycles. The number of hydrogen-bond donors (Lipinski definition) is 2. The van der Waals surface area contributed by atoms with Gasteiger partial charge < -0.3 is 24.8 Å². The lowest BCUT2D eigenvalue weighted by atomic mass is 9.94. The molecule has 8 heteroatoms. The molecular weight excluding hydrogens is 499 g/mol. The van der Waals surface area contributed by atoms with Crippen LogP contribution in [-0.2, 0) is 16.1 Å². The molecule has 2 atom stereocenters. The van der Waals surface area contributed by atoms with Crippen molar-refractivity contribution in [3.8, 4) is 0 Å². The van der Waals surface area contributed by atoms with E-state index in [0.29, 0.717) is 36.5 Å². The van der Waals surface area contributed by atoms with Crippen LogP contribution < -0.4 is 5.32 Å². The van der Waals surface area contributed by atoms with E-state index >= 15 is 0 Å². The predicted octanol–water partition coefficient (Wildman–Crippen LogP) is 7.18. The number of aromatic carboxylic acids is 1. The molecule has 0 bridgehead atoms. The Kier molecular flexibility index (Phi) is 12.7. The average Bonchev–Trinajstić information content (AvgIpc) is 2.90. The normalized spacial score (nSPS) is 17.1. The molecule has 39 heavy (non-hydrogen) atoms. The van der Waals surface area contributed by atoms with Crippen LogP contribution in [0.3, 0.4) is 0 Å². The summed E-state index contributed by atoms with van der Waals surface area (Å²) in [4.78, 5) is 26.4. The molecule has 2 N–H and O–H groups in total. The number of rotatable bonds is 15. The third-order valence-corrected chi connectivity index (χ3v) is 7.23. The van der Waals surface area contributed by atoms with Gasteiger partial charge in [-0.3, -0.25) is 0 Å². The third-order valence-electron chi connectivity index (χ3n) is 7.23. The maximum atomic E-state index is 13.6. The summed E-state index contributed by atoms with van der Waals surface area (Å²) in [6.45, 7) is 5.70. The number of carbonyl (C=O) groups excluding carboxylic acids is 1. The summed E-state index contributed by atoms with van der Waals surface area (Å²) >= 11 is 0. The van der Waals surface area contributed by atoms with E-state index in [2.05, 4.69) is 12.2 Å². The molecule has 2 amide bonds. The standard InChI is InChI=1S/C31H43FN2O5/c1-3-4-5-6-7-17-34(31(37)33-26-14-9-13-25(32)20-26)18-19-38-27-15-10-16-28(21-27)39-22-24-12-8-11-23(2)29(24)30(35)36/h8-9,11-14,20,27-28H,3-7,10,15-19,21-22H2,1-2H3,(H,33,37)(H,35,36)/t27-,28+/m1/s1. The minimum Gasteiger partial charge on any atom is -0.478 e. The Morgan fingerprint density at radius 1 is 1.03 bits per heavy atom. The molecule has 214 valence electrons. The zero-order valence-electron chi connectivity index (χ0n) is 23.3. The van der Waals surface area contributed by atoms with E-state index < -0.39 is 11.8 Å². The van der Waals surface area contributed by atoms with Crippen molar-refractivity contribution >= 4 is 17.7 Å². The van der Waals surface area contributed by atoms with Crippen LogP contribution in [0.1, 0.15) is 86.2 Å². The number of ether oxygens (including phenoxy) is 2. The third kappa shape index (κ3) is 10.3. The summed E-state index contributed by atoms with van der Waals surface area (Å²) < 4.78 is 25.9. The lowest BCUT2D eigenvalue weighted by Gasteiger charge is -2.30. The number of benzene rings is 2. The van der Waals surface area contributed by atoms with Crippen LogP contribution in [0.4, 0.5) is 14.9 Å². The quantitative estimate of drug-likeness (QED) is 0.233. The molecule has 7 nitrogen and oxygen atoms in total. The Hall–Kier alpha value is -2.97. The average molecular weight is 543 g/mol. The maximum absolute atomic E-state index is 13.6. The second-order valence-electron chi connectivity index (χ2n) is 10.3.